The van der Waals surface area contributed by atoms with Crippen molar-refractivity contribution in [3.05, 3.63) is 48.5 Å². The van der Waals surface area contributed by atoms with E-state index in [9.17, 15) is 0 Å². The number of benzene rings is 1. The van der Waals surface area contributed by atoms with Crippen molar-refractivity contribution in [2.24, 2.45) is 0 Å². The molecule has 0 fully saturated rings. The van der Waals surface area contributed by atoms with Crippen molar-refractivity contribution in [2.75, 3.05) is 11.1 Å². The summed E-state index contributed by atoms with van der Waals surface area (Å²) >= 11 is 1.37. The van der Waals surface area contributed by atoms with Crippen LogP contribution >= 0.6 is 11.5 Å². The molecule has 0 bridgehead atoms. The molecule has 96 valence electrons. The number of nitrogens with two attached hydrogens (primary N) is 1. The molecule has 0 atom stereocenters. The summed E-state index contributed by atoms with van der Waals surface area (Å²) in [5.74, 6) is 0.559. The Bertz CT molecular complexity index is 645. The molecule has 0 saturated heterocycles. The third-order valence-electron chi connectivity index (χ3n) is 2.78. The summed E-state index contributed by atoms with van der Waals surface area (Å²) in [7, 11) is 0. The number of aromatic nitrogens is 3. The second-order valence-electron chi connectivity index (χ2n) is 4.07. The van der Waals surface area contributed by atoms with E-state index in [0.29, 0.717) is 12.4 Å². The Hall–Kier alpha value is -2.34. The number of rotatable bonds is 4. The van der Waals surface area contributed by atoms with Gasteiger partial charge in [0.15, 0.2) is 0 Å². The molecule has 3 aromatic rings. The van der Waals surface area contributed by atoms with Gasteiger partial charge in [0.05, 0.1) is 24.1 Å². The molecule has 5 nitrogen and oxygen atoms in total. The van der Waals surface area contributed by atoms with E-state index in [1.807, 2.05) is 30.3 Å². The van der Waals surface area contributed by atoms with Crippen molar-refractivity contribution in [2.45, 2.75) is 6.54 Å². The van der Waals surface area contributed by atoms with Gasteiger partial charge in [-0.15, -0.1) is 0 Å². The molecular weight excluding hydrogens is 258 g/mol. The number of nitrogens with zero attached hydrogens (tertiary/aromatic N) is 2. The minimum absolute atomic E-state index is 0.559. The lowest BCUT2D eigenvalue weighted by molar-refractivity contribution is 1.08. The lowest BCUT2D eigenvalue weighted by Crippen LogP contribution is -1.99. The first-order valence-corrected chi connectivity index (χ1v) is 6.63. The molecule has 2 heterocycles. The number of imidazole rings is 1. The van der Waals surface area contributed by atoms with Gasteiger partial charge in [-0.1, -0.05) is 30.3 Å². The minimum atomic E-state index is 0.559. The van der Waals surface area contributed by atoms with Gasteiger partial charge < -0.3 is 16.0 Å². The van der Waals surface area contributed by atoms with Gasteiger partial charge in [0.2, 0.25) is 0 Å². The second kappa shape index (κ2) is 5.11. The second-order valence-corrected chi connectivity index (χ2v) is 4.84. The minimum Gasteiger partial charge on any atom is -0.382 e. The Balaban J connectivity index is 1.87. The Labute approximate surface area is 114 Å². The Morgan fingerprint density at radius 3 is 2.84 bits per heavy atom. The SMILES string of the molecule is Nc1nsc(NCc2cnc[nH]2)c1-c1ccccc1. The lowest BCUT2D eigenvalue weighted by atomic mass is 10.1. The molecule has 4 N–H and O–H groups in total. The summed E-state index contributed by atoms with van der Waals surface area (Å²) < 4.78 is 4.22. The summed E-state index contributed by atoms with van der Waals surface area (Å²) in [6.07, 6.45) is 3.45. The van der Waals surface area contributed by atoms with Crippen molar-refractivity contribution in [1.29, 1.82) is 0 Å². The zero-order chi connectivity index (χ0) is 13.1. The van der Waals surface area contributed by atoms with Crippen LogP contribution in [0.3, 0.4) is 0 Å². The predicted molar refractivity (Wildman–Crippen MR) is 77.9 cm³/mol. The van der Waals surface area contributed by atoms with E-state index in [4.69, 9.17) is 5.73 Å². The Kier molecular flexibility index (Phi) is 3.16. The number of H-pyrrole nitrogens is 1. The maximum atomic E-state index is 5.96. The van der Waals surface area contributed by atoms with Crippen LogP contribution in [-0.4, -0.2) is 14.3 Å². The fourth-order valence-electron chi connectivity index (χ4n) is 1.86. The van der Waals surface area contributed by atoms with Crippen LogP contribution in [0.5, 0.6) is 0 Å². The van der Waals surface area contributed by atoms with Gasteiger partial charge in [0.25, 0.3) is 0 Å². The van der Waals surface area contributed by atoms with Crippen LogP contribution in [-0.2, 0) is 6.54 Å². The van der Waals surface area contributed by atoms with E-state index < -0.39 is 0 Å². The molecule has 19 heavy (non-hydrogen) atoms. The molecule has 0 saturated carbocycles. The molecule has 2 aromatic heterocycles. The molecule has 6 heteroatoms. The number of anilines is 2. The monoisotopic (exact) mass is 271 g/mol. The molecule has 0 amide bonds. The van der Waals surface area contributed by atoms with Crippen LogP contribution in [0, 0.1) is 0 Å². The number of hydrogen-bond acceptors (Lipinski definition) is 5. The van der Waals surface area contributed by atoms with Crippen molar-refractivity contribution >= 4 is 22.4 Å². The Morgan fingerprint density at radius 2 is 2.11 bits per heavy atom. The lowest BCUT2D eigenvalue weighted by Gasteiger charge is -2.06. The largest absolute Gasteiger partial charge is 0.382 e. The third kappa shape index (κ3) is 2.43. The smallest absolute Gasteiger partial charge is 0.147 e. The number of nitrogen functional groups attached to an aromatic ring is 1. The van der Waals surface area contributed by atoms with E-state index in [2.05, 4.69) is 19.7 Å². The van der Waals surface area contributed by atoms with Gasteiger partial charge in [-0.25, -0.2) is 4.98 Å². The first-order chi connectivity index (χ1) is 9.34. The maximum absolute atomic E-state index is 5.96. The van der Waals surface area contributed by atoms with E-state index in [1.165, 1.54) is 11.5 Å². The number of aromatic amines is 1. The summed E-state index contributed by atoms with van der Waals surface area (Å²) in [5, 5.41) is 4.31. The van der Waals surface area contributed by atoms with E-state index in [1.54, 1.807) is 12.5 Å². The topological polar surface area (TPSA) is 79.6 Å². The van der Waals surface area contributed by atoms with Crippen LogP contribution in [0.1, 0.15) is 5.69 Å². The summed E-state index contributed by atoms with van der Waals surface area (Å²) in [4.78, 5) is 7.04. The summed E-state index contributed by atoms with van der Waals surface area (Å²) in [6.45, 7) is 0.668. The van der Waals surface area contributed by atoms with Crippen molar-refractivity contribution in [1.82, 2.24) is 14.3 Å². The van der Waals surface area contributed by atoms with Crippen molar-refractivity contribution in [3.63, 3.8) is 0 Å². The third-order valence-corrected chi connectivity index (χ3v) is 3.59. The average molecular weight is 271 g/mol. The van der Waals surface area contributed by atoms with E-state index in [-0.39, 0.29) is 0 Å². The molecule has 0 radical (unpaired) electrons. The molecular formula is C13H13N5S. The van der Waals surface area contributed by atoms with Gasteiger partial charge >= 0.3 is 0 Å². The molecule has 3 rings (SSSR count). The molecule has 0 unspecified atom stereocenters. The fraction of sp³-hybridized carbons (Fsp3) is 0.0769. The van der Waals surface area contributed by atoms with Crippen molar-refractivity contribution in [3.8, 4) is 11.1 Å². The number of nitrogens with one attached hydrogen (secondary N) is 2. The molecule has 1 aromatic carbocycles. The van der Waals surface area contributed by atoms with Gasteiger partial charge in [0, 0.05) is 6.20 Å². The van der Waals surface area contributed by atoms with E-state index in [0.717, 1.165) is 21.8 Å². The standard InChI is InChI=1S/C13H13N5S/c14-12-11(9-4-2-1-3-5-9)13(19-18-12)16-7-10-6-15-8-17-10/h1-6,8,16H,7H2,(H2,14,18)(H,15,17). The predicted octanol–water partition coefficient (Wildman–Crippen LogP) is 2.73. The van der Waals surface area contributed by atoms with Crippen LogP contribution in [0.2, 0.25) is 0 Å². The highest BCUT2D eigenvalue weighted by Gasteiger charge is 2.13. The zero-order valence-corrected chi connectivity index (χ0v) is 10.9. The zero-order valence-electron chi connectivity index (χ0n) is 10.1. The first kappa shape index (κ1) is 11.7. The quantitative estimate of drug-likeness (QED) is 0.681. The van der Waals surface area contributed by atoms with Gasteiger partial charge in [-0.2, -0.15) is 4.37 Å². The highest BCUT2D eigenvalue weighted by Crippen LogP contribution is 2.36. The number of hydrogen-bond donors (Lipinski definition) is 3. The van der Waals surface area contributed by atoms with Crippen LogP contribution < -0.4 is 11.1 Å². The van der Waals surface area contributed by atoms with Gasteiger partial charge in [0.1, 0.15) is 10.8 Å². The van der Waals surface area contributed by atoms with Crippen molar-refractivity contribution < 1.29 is 0 Å². The first-order valence-electron chi connectivity index (χ1n) is 5.86. The maximum Gasteiger partial charge on any atom is 0.147 e. The van der Waals surface area contributed by atoms with Crippen LogP contribution in [0.25, 0.3) is 11.1 Å². The van der Waals surface area contributed by atoms with Crippen LogP contribution in [0.15, 0.2) is 42.9 Å². The normalized spacial score (nSPS) is 10.5. The van der Waals surface area contributed by atoms with E-state index >= 15 is 0 Å². The Morgan fingerprint density at radius 1 is 1.26 bits per heavy atom. The molecule has 0 spiro atoms. The summed E-state index contributed by atoms with van der Waals surface area (Å²) in [5.41, 5.74) is 9.01. The molecule has 0 aliphatic carbocycles. The highest BCUT2D eigenvalue weighted by molar-refractivity contribution is 7.11. The average Bonchev–Trinajstić information content (AvgIpc) is 3.07. The fourth-order valence-corrected chi connectivity index (χ4v) is 2.60. The van der Waals surface area contributed by atoms with Crippen LogP contribution in [0.4, 0.5) is 10.8 Å². The van der Waals surface area contributed by atoms with Gasteiger partial charge in [-0.3, -0.25) is 0 Å². The summed E-state index contributed by atoms with van der Waals surface area (Å²) in [6, 6.07) is 10.0. The molecule has 0 aliphatic rings. The molecule has 0 aliphatic heterocycles. The van der Waals surface area contributed by atoms with Gasteiger partial charge in [-0.05, 0) is 17.1 Å². The highest BCUT2D eigenvalue weighted by atomic mass is 32.1.